The summed E-state index contributed by atoms with van der Waals surface area (Å²) in [6.07, 6.45) is 0. The summed E-state index contributed by atoms with van der Waals surface area (Å²) >= 11 is 0. The predicted octanol–water partition coefficient (Wildman–Crippen LogP) is 0.930. The summed E-state index contributed by atoms with van der Waals surface area (Å²) in [5.41, 5.74) is 7.86. The summed E-state index contributed by atoms with van der Waals surface area (Å²) in [6.45, 7) is 6.45. The Morgan fingerprint density at radius 1 is 0.897 bits per heavy atom. The third-order valence-corrected chi connectivity index (χ3v) is 4.97. The predicted molar refractivity (Wildman–Crippen MR) is 113 cm³/mol. The van der Waals surface area contributed by atoms with Gasteiger partial charge in [-0.1, -0.05) is 0 Å². The number of oxazole rings is 1. The number of piperazine rings is 1. The first kappa shape index (κ1) is 19.6. The van der Waals surface area contributed by atoms with Crippen LogP contribution in [0.1, 0.15) is 0 Å². The van der Waals surface area contributed by atoms with E-state index in [0.29, 0.717) is 42.0 Å². The standard InChI is InChI=1S/C18H22N8O2.ClH/c19-16-21-13-11-12(1-2-14(13)28-16)15-22-17(25-5-3-20-4-6-25)24-18(23-15)26-7-9-27-10-8-26;/h1-2,11,20H,3-10H2,(H2,19,21);1H. The highest BCUT2D eigenvalue weighted by Gasteiger charge is 2.21. The Morgan fingerprint density at radius 2 is 1.59 bits per heavy atom. The topological polar surface area (TPSA) is 118 Å². The normalized spacial score (nSPS) is 17.4. The van der Waals surface area contributed by atoms with Gasteiger partial charge < -0.3 is 30.0 Å². The Morgan fingerprint density at radius 3 is 2.31 bits per heavy atom. The zero-order chi connectivity index (χ0) is 18.9. The lowest BCUT2D eigenvalue weighted by atomic mass is 10.2. The fraction of sp³-hybridized carbons (Fsp3) is 0.444. The first-order valence-corrected chi connectivity index (χ1v) is 9.47. The van der Waals surface area contributed by atoms with Crippen molar-refractivity contribution in [3.05, 3.63) is 18.2 Å². The third-order valence-electron chi connectivity index (χ3n) is 4.97. The Hall–Kier alpha value is -2.69. The minimum atomic E-state index is 0. The van der Waals surface area contributed by atoms with Crippen molar-refractivity contribution >= 4 is 41.4 Å². The number of fused-ring (bicyclic) bond motifs is 1. The maximum Gasteiger partial charge on any atom is 0.292 e. The number of hydrogen-bond donors (Lipinski definition) is 2. The van der Waals surface area contributed by atoms with Gasteiger partial charge in [0.1, 0.15) is 5.52 Å². The summed E-state index contributed by atoms with van der Waals surface area (Å²) in [6, 6.07) is 5.82. The van der Waals surface area contributed by atoms with Crippen LogP contribution in [-0.2, 0) is 4.74 Å². The summed E-state index contributed by atoms with van der Waals surface area (Å²) in [4.78, 5) is 22.8. The van der Waals surface area contributed by atoms with Crippen LogP contribution in [-0.4, -0.2) is 72.4 Å². The average molecular weight is 419 g/mol. The Bertz CT molecular complexity index is 949. The van der Waals surface area contributed by atoms with Crippen molar-refractivity contribution in [3.8, 4) is 11.4 Å². The molecule has 10 nitrogen and oxygen atoms in total. The zero-order valence-corrected chi connectivity index (χ0v) is 16.7. The van der Waals surface area contributed by atoms with Crippen LogP contribution in [0, 0.1) is 0 Å². The van der Waals surface area contributed by atoms with E-state index in [1.807, 2.05) is 18.2 Å². The molecule has 3 aromatic rings. The molecule has 2 aromatic heterocycles. The molecule has 2 aliphatic rings. The van der Waals surface area contributed by atoms with Gasteiger partial charge in [-0.3, -0.25) is 0 Å². The van der Waals surface area contributed by atoms with E-state index in [2.05, 4.69) is 20.1 Å². The molecule has 0 amide bonds. The fourth-order valence-electron chi connectivity index (χ4n) is 3.48. The average Bonchev–Trinajstić information content (AvgIpc) is 3.14. The number of nitrogens with zero attached hydrogens (tertiary/aromatic N) is 6. The second kappa shape index (κ2) is 8.36. The summed E-state index contributed by atoms with van der Waals surface area (Å²) < 4.78 is 10.8. The minimum Gasteiger partial charge on any atom is -0.424 e. The summed E-state index contributed by atoms with van der Waals surface area (Å²) in [7, 11) is 0. The first-order chi connectivity index (χ1) is 13.8. The molecule has 0 spiro atoms. The largest absolute Gasteiger partial charge is 0.424 e. The molecule has 0 radical (unpaired) electrons. The highest BCUT2D eigenvalue weighted by atomic mass is 35.5. The number of hydrogen-bond acceptors (Lipinski definition) is 10. The fourth-order valence-corrected chi connectivity index (χ4v) is 3.48. The van der Waals surface area contributed by atoms with Crippen LogP contribution in [0.5, 0.6) is 0 Å². The zero-order valence-electron chi connectivity index (χ0n) is 15.9. The van der Waals surface area contributed by atoms with E-state index in [1.54, 1.807) is 0 Å². The summed E-state index contributed by atoms with van der Waals surface area (Å²) in [5, 5.41) is 3.36. The van der Waals surface area contributed by atoms with Crippen LogP contribution in [0.25, 0.3) is 22.5 Å². The molecule has 3 N–H and O–H groups in total. The van der Waals surface area contributed by atoms with Gasteiger partial charge in [-0.2, -0.15) is 19.9 Å². The molecule has 0 saturated carbocycles. The molecule has 0 atom stereocenters. The van der Waals surface area contributed by atoms with Crippen molar-refractivity contribution in [2.24, 2.45) is 0 Å². The molecule has 5 rings (SSSR count). The molecule has 0 aliphatic carbocycles. The Kier molecular flexibility index (Phi) is 5.65. The molecule has 4 heterocycles. The van der Waals surface area contributed by atoms with E-state index in [9.17, 15) is 0 Å². The molecule has 0 unspecified atom stereocenters. The lowest BCUT2D eigenvalue weighted by Gasteiger charge is -2.30. The number of anilines is 3. The smallest absolute Gasteiger partial charge is 0.292 e. The van der Waals surface area contributed by atoms with E-state index in [1.165, 1.54) is 0 Å². The number of benzene rings is 1. The molecule has 154 valence electrons. The number of morpholine rings is 1. The van der Waals surface area contributed by atoms with Gasteiger partial charge in [-0.05, 0) is 18.2 Å². The van der Waals surface area contributed by atoms with Crippen molar-refractivity contribution in [1.82, 2.24) is 25.3 Å². The van der Waals surface area contributed by atoms with Crippen molar-refractivity contribution in [2.75, 3.05) is 68.0 Å². The molecular weight excluding hydrogens is 396 g/mol. The van der Waals surface area contributed by atoms with Crippen LogP contribution >= 0.6 is 12.4 Å². The van der Waals surface area contributed by atoms with Crippen LogP contribution < -0.4 is 20.9 Å². The molecule has 29 heavy (non-hydrogen) atoms. The maximum atomic E-state index is 5.67. The monoisotopic (exact) mass is 418 g/mol. The maximum absolute atomic E-state index is 5.67. The quantitative estimate of drug-likeness (QED) is 0.635. The minimum absolute atomic E-state index is 0. The second-order valence-corrected chi connectivity index (χ2v) is 6.83. The van der Waals surface area contributed by atoms with Gasteiger partial charge in [-0.25, -0.2) is 0 Å². The number of nitrogen functional groups attached to an aromatic ring is 1. The van der Waals surface area contributed by atoms with Gasteiger partial charge in [0.25, 0.3) is 6.01 Å². The van der Waals surface area contributed by atoms with Crippen LogP contribution in [0.3, 0.4) is 0 Å². The van der Waals surface area contributed by atoms with Crippen molar-refractivity contribution in [1.29, 1.82) is 0 Å². The Balaban J connectivity index is 0.00000205. The number of aromatic nitrogens is 4. The van der Waals surface area contributed by atoms with Gasteiger partial charge in [0.05, 0.1) is 13.2 Å². The van der Waals surface area contributed by atoms with Gasteiger partial charge in [0.15, 0.2) is 11.4 Å². The van der Waals surface area contributed by atoms with E-state index in [0.717, 1.165) is 44.8 Å². The number of rotatable bonds is 3. The molecular formula is C18H23ClN8O2. The molecule has 1 aromatic carbocycles. The lowest BCUT2D eigenvalue weighted by Crippen LogP contribution is -2.44. The van der Waals surface area contributed by atoms with Crippen LogP contribution in [0.4, 0.5) is 17.9 Å². The molecule has 2 fully saturated rings. The number of nitrogens with two attached hydrogens (primary N) is 1. The lowest BCUT2D eigenvalue weighted by molar-refractivity contribution is 0.122. The highest BCUT2D eigenvalue weighted by molar-refractivity contribution is 5.85. The number of ether oxygens (including phenoxy) is 1. The molecule has 2 saturated heterocycles. The third kappa shape index (κ3) is 4.04. The first-order valence-electron chi connectivity index (χ1n) is 9.47. The van der Waals surface area contributed by atoms with Gasteiger partial charge >= 0.3 is 0 Å². The Labute approximate surface area is 173 Å². The number of nitrogens with one attached hydrogen (secondary N) is 1. The molecule has 0 bridgehead atoms. The molecule has 2 aliphatic heterocycles. The van der Waals surface area contributed by atoms with Gasteiger partial charge in [0, 0.05) is 44.8 Å². The highest BCUT2D eigenvalue weighted by Crippen LogP contribution is 2.26. The summed E-state index contributed by atoms with van der Waals surface area (Å²) in [5.74, 6) is 2.00. The second-order valence-electron chi connectivity index (χ2n) is 6.83. The van der Waals surface area contributed by atoms with Gasteiger partial charge in [-0.15, -0.1) is 12.4 Å². The van der Waals surface area contributed by atoms with Crippen LogP contribution in [0.2, 0.25) is 0 Å². The van der Waals surface area contributed by atoms with Crippen molar-refractivity contribution < 1.29 is 9.15 Å². The van der Waals surface area contributed by atoms with Crippen molar-refractivity contribution in [2.45, 2.75) is 0 Å². The van der Waals surface area contributed by atoms with E-state index in [4.69, 9.17) is 29.8 Å². The van der Waals surface area contributed by atoms with Gasteiger partial charge in [0.2, 0.25) is 11.9 Å². The SMILES string of the molecule is Cl.Nc1nc2cc(-c3nc(N4CCNCC4)nc(N4CCOCC4)n3)ccc2o1. The molecule has 11 heteroatoms. The van der Waals surface area contributed by atoms with E-state index >= 15 is 0 Å². The van der Waals surface area contributed by atoms with E-state index in [-0.39, 0.29) is 18.4 Å². The van der Waals surface area contributed by atoms with Crippen LogP contribution in [0.15, 0.2) is 22.6 Å². The van der Waals surface area contributed by atoms with Crippen molar-refractivity contribution in [3.63, 3.8) is 0 Å². The van der Waals surface area contributed by atoms with E-state index < -0.39 is 0 Å². The number of halogens is 1.